The van der Waals surface area contributed by atoms with Gasteiger partial charge < -0.3 is 9.22 Å². The molecular weight excluding hydrogens is 488 g/mol. The summed E-state index contributed by atoms with van der Waals surface area (Å²) < 4.78 is 7.91. The molecule has 1 unspecified atom stereocenters. The predicted molar refractivity (Wildman–Crippen MR) is 166 cm³/mol. The number of ether oxygens (including phenoxy) is 1. The monoisotopic (exact) mass is 527 g/mol. The predicted octanol–water partition coefficient (Wildman–Crippen LogP) is 8.62. The van der Waals surface area contributed by atoms with Gasteiger partial charge >= 0.3 is 0 Å². The first-order valence-electron chi connectivity index (χ1n) is 15.0. The van der Waals surface area contributed by atoms with Crippen molar-refractivity contribution in [2.45, 2.75) is 44.9 Å². The Morgan fingerprint density at radius 2 is 1.65 bits per heavy atom. The van der Waals surface area contributed by atoms with Crippen molar-refractivity contribution in [1.82, 2.24) is 4.98 Å². The lowest BCUT2D eigenvalue weighted by molar-refractivity contribution is -0.985. The van der Waals surface area contributed by atoms with Crippen LogP contribution in [0.4, 0.5) is 0 Å². The zero-order valence-electron chi connectivity index (χ0n) is 23.5. The molecule has 3 aliphatic rings. The molecule has 0 radical (unpaired) electrons. The lowest BCUT2D eigenvalue weighted by atomic mass is 9.70. The molecule has 3 nitrogen and oxygen atoms in total. The Balaban J connectivity index is 1.41. The normalized spacial score (nSPS) is 25.0. The maximum atomic E-state index is 6.82. The molecule has 4 aromatic carbocycles. The average molecular weight is 528 g/mol. The summed E-state index contributed by atoms with van der Waals surface area (Å²) in [5, 5.41) is 6.67. The van der Waals surface area contributed by atoms with E-state index in [1.807, 2.05) is 12.3 Å². The highest BCUT2D eigenvalue weighted by molar-refractivity contribution is 6.02. The fourth-order valence-corrected chi connectivity index (χ4v) is 8.18. The standard InChI is InChI=1S/C37H39N2O/c1-3-21-40-37(33-17-19-38-35-16-10-9-15-32(33)35)36-23-27-18-20-39(36,24-26(27)4-2)25-34-30-13-7-5-11-28(30)22-29-12-6-8-14-31(29)34/h3,5-17,19,22,26-27,36-37H,1,4,18,20-21,23-25H2,2H3/q+1/t26-,27-,36-,37+,39?/m0/s1. The number of para-hydroxylation sites is 1. The number of aromatic nitrogens is 1. The molecule has 3 heteroatoms. The maximum absolute atomic E-state index is 6.82. The van der Waals surface area contributed by atoms with Gasteiger partial charge in [0.1, 0.15) is 18.7 Å². The molecular formula is C37H39N2O+. The number of benzene rings is 4. The second-order valence-corrected chi connectivity index (χ2v) is 12.1. The van der Waals surface area contributed by atoms with Crippen molar-refractivity contribution in [3.8, 4) is 0 Å². The first-order chi connectivity index (χ1) is 19.7. The van der Waals surface area contributed by atoms with E-state index < -0.39 is 0 Å². The third-order valence-electron chi connectivity index (χ3n) is 10.1. The number of rotatable bonds is 8. The van der Waals surface area contributed by atoms with Gasteiger partial charge in [-0.3, -0.25) is 4.98 Å². The molecule has 40 heavy (non-hydrogen) atoms. The van der Waals surface area contributed by atoms with E-state index in [1.54, 1.807) is 0 Å². The average Bonchev–Trinajstić information content (AvgIpc) is 3.01. The molecule has 0 amide bonds. The largest absolute Gasteiger partial charge is 0.363 e. The third-order valence-corrected chi connectivity index (χ3v) is 10.1. The van der Waals surface area contributed by atoms with Crippen LogP contribution in [0.2, 0.25) is 0 Å². The van der Waals surface area contributed by atoms with Gasteiger partial charge in [-0.25, -0.2) is 0 Å². The van der Waals surface area contributed by atoms with E-state index in [0.717, 1.165) is 28.4 Å². The summed E-state index contributed by atoms with van der Waals surface area (Å²) in [5.74, 6) is 1.53. The minimum atomic E-state index is -0.00672. The van der Waals surface area contributed by atoms with Gasteiger partial charge in [-0.2, -0.15) is 0 Å². The number of fused-ring (bicyclic) bond motifs is 6. The van der Waals surface area contributed by atoms with Crippen LogP contribution < -0.4 is 0 Å². The number of hydrogen-bond acceptors (Lipinski definition) is 2. The van der Waals surface area contributed by atoms with E-state index in [4.69, 9.17) is 9.72 Å². The highest BCUT2D eigenvalue weighted by atomic mass is 16.5. The smallest absolute Gasteiger partial charge is 0.135 e. The van der Waals surface area contributed by atoms with Crippen LogP contribution in [0.15, 0.2) is 104 Å². The minimum Gasteiger partial charge on any atom is -0.363 e. The maximum Gasteiger partial charge on any atom is 0.135 e. The van der Waals surface area contributed by atoms with E-state index in [0.29, 0.717) is 12.6 Å². The zero-order chi connectivity index (χ0) is 27.1. The minimum absolute atomic E-state index is 0.00672. The molecule has 3 fully saturated rings. The Hall–Kier alpha value is -3.53. The van der Waals surface area contributed by atoms with E-state index in [2.05, 4.69) is 98.4 Å². The molecule has 0 N–H and O–H groups in total. The van der Waals surface area contributed by atoms with Gasteiger partial charge in [0.05, 0.1) is 25.2 Å². The quantitative estimate of drug-likeness (QED) is 0.114. The van der Waals surface area contributed by atoms with Gasteiger partial charge in [0.25, 0.3) is 0 Å². The molecule has 0 spiro atoms. The number of quaternary nitrogens is 1. The third kappa shape index (κ3) is 4.24. The first kappa shape index (κ1) is 25.4. The number of piperidine rings is 3. The Bertz CT molecular complexity index is 1630. The van der Waals surface area contributed by atoms with Crippen LogP contribution in [0.25, 0.3) is 32.4 Å². The molecule has 8 rings (SSSR count). The van der Waals surface area contributed by atoms with Crippen LogP contribution in [0.3, 0.4) is 0 Å². The lowest BCUT2D eigenvalue weighted by Gasteiger charge is -2.59. The second-order valence-electron chi connectivity index (χ2n) is 12.1. The summed E-state index contributed by atoms with van der Waals surface area (Å²) in [6.07, 6.45) is 7.64. The van der Waals surface area contributed by atoms with Crippen LogP contribution in [0.1, 0.15) is 43.4 Å². The molecule has 5 atom stereocenters. The molecule has 1 aromatic heterocycles. The number of pyridine rings is 1. The summed E-state index contributed by atoms with van der Waals surface area (Å²) in [6, 6.07) is 31.5. The molecule has 5 aromatic rings. The van der Waals surface area contributed by atoms with Crippen LogP contribution in [-0.4, -0.2) is 35.2 Å². The van der Waals surface area contributed by atoms with Gasteiger partial charge in [0.2, 0.25) is 0 Å². The van der Waals surface area contributed by atoms with Crippen LogP contribution in [0.5, 0.6) is 0 Å². The summed E-state index contributed by atoms with van der Waals surface area (Å²) in [5.41, 5.74) is 3.82. The summed E-state index contributed by atoms with van der Waals surface area (Å²) >= 11 is 0. The summed E-state index contributed by atoms with van der Waals surface area (Å²) in [4.78, 5) is 4.70. The van der Waals surface area contributed by atoms with Crippen molar-refractivity contribution in [2.75, 3.05) is 19.7 Å². The topological polar surface area (TPSA) is 22.1 Å². The molecule has 202 valence electrons. The van der Waals surface area contributed by atoms with Crippen molar-refractivity contribution in [3.05, 3.63) is 115 Å². The van der Waals surface area contributed by atoms with E-state index in [9.17, 15) is 0 Å². The Labute approximate surface area is 237 Å². The molecule has 0 saturated carbocycles. The van der Waals surface area contributed by atoms with Gasteiger partial charge in [-0.15, -0.1) is 6.58 Å². The van der Waals surface area contributed by atoms with Gasteiger partial charge in [-0.05, 0) is 57.6 Å². The van der Waals surface area contributed by atoms with Crippen molar-refractivity contribution < 1.29 is 9.22 Å². The van der Waals surface area contributed by atoms with E-state index >= 15 is 0 Å². The Morgan fingerprint density at radius 3 is 2.38 bits per heavy atom. The van der Waals surface area contributed by atoms with Crippen molar-refractivity contribution in [3.63, 3.8) is 0 Å². The van der Waals surface area contributed by atoms with Crippen molar-refractivity contribution in [1.29, 1.82) is 0 Å². The van der Waals surface area contributed by atoms with Gasteiger partial charge in [0, 0.05) is 35.9 Å². The first-order valence-corrected chi connectivity index (χ1v) is 15.0. The molecule has 4 heterocycles. The van der Waals surface area contributed by atoms with Crippen LogP contribution in [-0.2, 0) is 11.3 Å². The van der Waals surface area contributed by atoms with Gasteiger partial charge in [-0.1, -0.05) is 79.7 Å². The lowest BCUT2D eigenvalue weighted by Crippen LogP contribution is -2.68. The SMILES string of the molecule is C=CCO[C@H](c1ccnc2ccccc12)[C@@H]1C[C@@H]2CC[N+]1(Cc1c3ccccc3cc3ccccc13)C[C@@H]2CC. The highest BCUT2D eigenvalue weighted by Gasteiger charge is 2.55. The van der Waals surface area contributed by atoms with Gasteiger partial charge in [0.15, 0.2) is 0 Å². The van der Waals surface area contributed by atoms with E-state index in [-0.39, 0.29) is 6.10 Å². The Morgan fingerprint density at radius 1 is 0.950 bits per heavy atom. The number of hydrogen-bond donors (Lipinski definition) is 0. The number of nitrogens with zero attached hydrogens (tertiary/aromatic N) is 2. The van der Waals surface area contributed by atoms with Crippen molar-refractivity contribution in [2.24, 2.45) is 11.8 Å². The highest BCUT2D eigenvalue weighted by Crippen LogP contribution is 2.50. The van der Waals surface area contributed by atoms with Crippen LogP contribution in [0, 0.1) is 11.8 Å². The fourth-order valence-electron chi connectivity index (χ4n) is 8.18. The molecule has 3 saturated heterocycles. The Kier molecular flexibility index (Phi) is 6.65. The molecule has 2 bridgehead atoms. The second kappa shape index (κ2) is 10.5. The van der Waals surface area contributed by atoms with Crippen molar-refractivity contribution >= 4 is 32.4 Å². The molecule has 0 aliphatic carbocycles. The summed E-state index contributed by atoms with van der Waals surface area (Å²) in [7, 11) is 0. The van der Waals surface area contributed by atoms with E-state index in [1.165, 1.54) is 70.4 Å². The summed E-state index contributed by atoms with van der Waals surface area (Å²) in [6.45, 7) is 10.4. The van der Waals surface area contributed by atoms with Crippen LogP contribution >= 0.6 is 0 Å². The zero-order valence-corrected chi connectivity index (χ0v) is 23.5. The fraction of sp³-hybridized carbons (Fsp3) is 0.324. The molecule has 3 aliphatic heterocycles.